The van der Waals surface area contributed by atoms with Crippen LogP contribution in [0.2, 0.25) is 0 Å². The lowest BCUT2D eigenvalue weighted by Crippen LogP contribution is -2.30. The summed E-state index contributed by atoms with van der Waals surface area (Å²) in [5.74, 6) is 1.02. The molecule has 0 spiro atoms. The summed E-state index contributed by atoms with van der Waals surface area (Å²) in [6, 6.07) is 4.60. The molecular weight excluding hydrogens is 394 g/mol. The second-order valence-electron chi connectivity index (χ2n) is 9.46. The van der Waals surface area contributed by atoms with Crippen molar-refractivity contribution in [2.24, 2.45) is 5.92 Å². The fourth-order valence-electron chi connectivity index (χ4n) is 4.15. The molecule has 1 aromatic carbocycles. The average molecular weight is 424 g/mol. The summed E-state index contributed by atoms with van der Waals surface area (Å²) in [5, 5.41) is 17.0. The number of amides is 1. The van der Waals surface area contributed by atoms with Crippen LogP contribution in [0.15, 0.2) is 30.9 Å². The molecule has 2 N–H and O–H groups in total. The fourth-order valence-corrected chi connectivity index (χ4v) is 4.15. The maximum atomic E-state index is 11.7. The number of aromatic nitrogens is 4. The van der Waals surface area contributed by atoms with Crippen molar-refractivity contribution in [1.29, 1.82) is 0 Å². The predicted molar refractivity (Wildman–Crippen MR) is 117 cm³/mol. The number of carbonyl (C=O) groups excluding carboxylic acids is 1. The highest BCUT2D eigenvalue weighted by molar-refractivity contribution is 5.88. The molecule has 0 bridgehead atoms. The zero-order valence-electron chi connectivity index (χ0n) is 18.2. The van der Waals surface area contributed by atoms with Gasteiger partial charge < -0.3 is 19.7 Å². The van der Waals surface area contributed by atoms with Gasteiger partial charge in [0.05, 0.1) is 30.2 Å². The van der Waals surface area contributed by atoms with Gasteiger partial charge in [-0.2, -0.15) is 5.10 Å². The lowest BCUT2D eigenvalue weighted by atomic mass is 10.0. The third-order valence-corrected chi connectivity index (χ3v) is 6.48. The lowest BCUT2D eigenvalue weighted by Gasteiger charge is -2.22. The summed E-state index contributed by atoms with van der Waals surface area (Å²) in [6.45, 7) is 6.56. The highest BCUT2D eigenvalue weighted by Gasteiger charge is 2.31. The summed E-state index contributed by atoms with van der Waals surface area (Å²) in [6.07, 6.45) is 8.37. The minimum atomic E-state index is -0.480. The molecule has 8 heteroatoms. The summed E-state index contributed by atoms with van der Waals surface area (Å²) in [5.41, 5.74) is 3.34. The van der Waals surface area contributed by atoms with E-state index in [2.05, 4.69) is 32.1 Å². The standard InChI is InChI=1S/C23H29N5O3/c1-14(16-8-21(30)24-9-16)31-20-7-15(17-10-26-28(11-17)23(2,3)12-29)6-19-22(20)27(13-25-19)18-4-5-18/h6-7,10-11,13-14,16,18,29H,4-5,8-9,12H2,1-3H3,(H,24,30)/t14?,16-/m1/s1. The third kappa shape index (κ3) is 3.69. The van der Waals surface area contributed by atoms with Crippen LogP contribution in [0.25, 0.3) is 22.2 Å². The Kier molecular flexibility index (Phi) is 4.77. The van der Waals surface area contributed by atoms with Crippen molar-refractivity contribution in [2.75, 3.05) is 13.2 Å². The maximum Gasteiger partial charge on any atom is 0.220 e. The molecule has 5 rings (SSSR count). The monoisotopic (exact) mass is 423 g/mol. The van der Waals surface area contributed by atoms with Crippen LogP contribution in [-0.4, -0.2) is 49.6 Å². The zero-order chi connectivity index (χ0) is 21.8. The molecule has 3 heterocycles. The minimum absolute atomic E-state index is 0.00102. The molecule has 164 valence electrons. The molecule has 2 atom stereocenters. The predicted octanol–water partition coefficient (Wildman–Crippen LogP) is 2.87. The number of aliphatic hydroxyl groups is 1. The van der Waals surface area contributed by atoms with Gasteiger partial charge in [-0.25, -0.2) is 4.98 Å². The van der Waals surface area contributed by atoms with Crippen molar-refractivity contribution in [3.8, 4) is 16.9 Å². The number of hydrogen-bond acceptors (Lipinski definition) is 5. The van der Waals surface area contributed by atoms with Crippen LogP contribution in [0.3, 0.4) is 0 Å². The quantitative estimate of drug-likeness (QED) is 0.609. The Labute approximate surface area is 181 Å². The number of nitrogens with one attached hydrogen (secondary N) is 1. The summed E-state index contributed by atoms with van der Waals surface area (Å²) in [7, 11) is 0. The molecule has 1 saturated carbocycles. The van der Waals surface area contributed by atoms with Crippen molar-refractivity contribution >= 4 is 16.9 Å². The van der Waals surface area contributed by atoms with Crippen LogP contribution in [0, 0.1) is 5.92 Å². The van der Waals surface area contributed by atoms with E-state index >= 15 is 0 Å². The Morgan fingerprint density at radius 2 is 2.13 bits per heavy atom. The molecular formula is C23H29N5O3. The third-order valence-electron chi connectivity index (χ3n) is 6.48. The molecule has 3 aromatic rings. The average Bonchev–Trinajstić information content (AvgIpc) is 3.15. The highest BCUT2D eigenvalue weighted by atomic mass is 16.5. The first-order valence-corrected chi connectivity index (χ1v) is 11.0. The van der Waals surface area contributed by atoms with E-state index in [4.69, 9.17) is 4.74 Å². The number of carbonyl (C=O) groups is 1. The molecule has 1 aliphatic carbocycles. The van der Waals surface area contributed by atoms with Gasteiger partial charge >= 0.3 is 0 Å². The van der Waals surface area contributed by atoms with Gasteiger partial charge in [-0.3, -0.25) is 9.48 Å². The first kappa shape index (κ1) is 20.1. The fraction of sp³-hybridized carbons (Fsp3) is 0.522. The second-order valence-corrected chi connectivity index (χ2v) is 9.46. The number of rotatable bonds is 7. The molecule has 2 aromatic heterocycles. The van der Waals surface area contributed by atoms with E-state index in [0.29, 0.717) is 19.0 Å². The Morgan fingerprint density at radius 1 is 1.32 bits per heavy atom. The Balaban J connectivity index is 1.54. The number of aliphatic hydroxyl groups excluding tert-OH is 1. The van der Waals surface area contributed by atoms with E-state index < -0.39 is 5.54 Å². The molecule has 31 heavy (non-hydrogen) atoms. The molecule has 1 aliphatic heterocycles. The minimum Gasteiger partial charge on any atom is -0.488 e. The smallest absolute Gasteiger partial charge is 0.220 e. The number of nitrogens with zero attached hydrogens (tertiary/aromatic N) is 4. The van der Waals surface area contributed by atoms with E-state index in [-0.39, 0.29) is 24.5 Å². The van der Waals surface area contributed by atoms with Gasteiger partial charge in [0.1, 0.15) is 17.4 Å². The van der Waals surface area contributed by atoms with E-state index in [1.165, 1.54) is 0 Å². The normalized spacial score (nSPS) is 20.3. The van der Waals surface area contributed by atoms with Crippen LogP contribution >= 0.6 is 0 Å². The Bertz CT molecular complexity index is 1130. The SMILES string of the molecule is CC(Oc1cc(-c2cnn(C(C)(C)CO)c2)cc2ncn(C3CC3)c12)[C@H]1CNC(=O)C1. The van der Waals surface area contributed by atoms with Crippen LogP contribution in [0.5, 0.6) is 5.75 Å². The van der Waals surface area contributed by atoms with Gasteiger partial charge in [-0.15, -0.1) is 0 Å². The first-order valence-electron chi connectivity index (χ1n) is 11.0. The molecule has 1 unspecified atom stereocenters. The van der Waals surface area contributed by atoms with E-state index in [1.807, 2.05) is 39.5 Å². The number of hydrogen-bond donors (Lipinski definition) is 2. The van der Waals surface area contributed by atoms with Crippen molar-refractivity contribution in [3.05, 3.63) is 30.9 Å². The summed E-state index contributed by atoms with van der Waals surface area (Å²) >= 11 is 0. The second kappa shape index (κ2) is 7.37. The summed E-state index contributed by atoms with van der Waals surface area (Å²) < 4.78 is 10.5. The van der Waals surface area contributed by atoms with E-state index in [0.717, 1.165) is 40.8 Å². The van der Waals surface area contributed by atoms with Gasteiger partial charge in [0.15, 0.2) is 0 Å². The molecule has 0 radical (unpaired) electrons. The van der Waals surface area contributed by atoms with Crippen molar-refractivity contribution in [2.45, 2.75) is 57.7 Å². The van der Waals surface area contributed by atoms with Gasteiger partial charge in [-0.1, -0.05) is 0 Å². The number of ether oxygens (including phenoxy) is 1. The molecule has 2 aliphatic rings. The highest BCUT2D eigenvalue weighted by Crippen LogP contribution is 2.41. The van der Waals surface area contributed by atoms with Gasteiger partial charge in [-0.05, 0) is 51.3 Å². The lowest BCUT2D eigenvalue weighted by molar-refractivity contribution is -0.119. The van der Waals surface area contributed by atoms with Gasteiger partial charge in [0, 0.05) is 36.7 Å². The van der Waals surface area contributed by atoms with Crippen molar-refractivity contribution in [3.63, 3.8) is 0 Å². The van der Waals surface area contributed by atoms with Gasteiger partial charge in [0.25, 0.3) is 0 Å². The van der Waals surface area contributed by atoms with Crippen LogP contribution in [-0.2, 0) is 10.3 Å². The molecule has 2 fully saturated rings. The number of fused-ring (bicyclic) bond motifs is 1. The van der Waals surface area contributed by atoms with Crippen molar-refractivity contribution < 1.29 is 14.6 Å². The topological polar surface area (TPSA) is 94.2 Å². The molecule has 1 amide bonds. The van der Waals surface area contributed by atoms with E-state index in [1.54, 1.807) is 4.68 Å². The Hall–Kier alpha value is -2.87. The van der Waals surface area contributed by atoms with E-state index in [9.17, 15) is 9.90 Å². The first-order chi connectivity index (χ1) is 14.9. The number of benzene rings is 1. The van der Waals surface area contributed by atoms with Crippen LogP contribution in [0.4, 0.5) is 0 Å². The largest absolute Gasteiger partial charge is 0.488 e. The van der Waals surface area contributed by atoms with Gasteiger partial charge in [0.2, 0.25) is 5.91 Å². The molecule has 8 nitrogen and oxygen atoms in total. The van der Waals surface area contributed by atoms with Crippen LogP contribution in [0.1, 0.15) is 46.1 Å². The summed E-state index contributed by atoms with van der Waals surface area (Å²) in [4.78, 5) is 16.3. The Morgan fingerprint density at radius 3 is 2.81 bits per heavy atom. The van der Waals surface area contributed by atoms with Crippen molar-refractivity contribution in [1.82, 2.24) is 24.6 Å². The number of imidazole rings is 1. The maximum absolute atomic E-state index is 11.7. The van der Waals surface area contributed by atoms with Crippen LogP contribution < -0.4 is 10.1 Å². The zero-order valence-corrected chi connectivity index (χ0v) is 18.2. The molecule has 1 saturated heterocycles.